The van der Waals surface area contributed by atoms with Crippen LogP contribution in [0.1, 0.15) is 72.9 Å². The number of nitrogens with zero attached hydrogens (tertiary/aromatic N) is 1. The second-order valence-electron chi connectivity index (χ2n) is 8.61. The lowest BCUT2D eigenvalue weighted by Gasteiger charge is -2.14. The van der Waals surface area contributed by atoms with Gasteiger partial charge in [0.1, 0.15) is 6.10 Å². The summed E-state index contributed by atoms with van der Waals surface area (Å²) in [6.07, 6.45) is -4.28. The van der Waals surface area contributed by atoms with Gasteiger partial charge < -0.3 is 14.3 Å². The Kier molecular flexibility index (Phi) is 7.82. The van der Waals surface area contributed by atoms with E-state index in [0.717, 1.165) is 28.8 Å². The summed E-state index contributed by atoms with van der Waals surface area (Å²) in [6.45, 7) is 8.02. The molecule has 0 spiro atoms. The summed E-state index contributed by atoms with van der Waals surface area (Å²) in [5.41, 5.74) is 3.36. The number of aromatic nitrogens is 1. The van der Waals surface area contributed by atoms with Gasteiger partial charge >= 0.3 is 12.1 Å². The summed E-state index contributed by atoms with van der Waals surface area (Å²) >= 11 is 0. The average Bonchev–Trinajstić information content (AvgIpc) is 3.22. The Bertz CT molecular complexity index is 1130. The number of benzene rings is 2. The Hall–Kier alpha value is -3.13. The fraction of sp³-hybridized carbons (Fsp3) is 0.385. The van der Waals surface area contributed by atoms with Gasteiger partial charge in [0.05, 0.1) is 17.9 Å². The van der Waals surface area contributed by atoms with Crippen LogP contribution in [-0.4, -0.2) is 16.1 Å². The van der Waals surface area contributed by atoms with E-state index in [2.05, 4.69) is 4.98 Å². The lowest BCUT2D eigenvalue weighted by atomic mass is 10.0. The molecule has 1 atom stereocenters. The molecule has 0 bridgehead atoms. The van der Waals surface area contributed by atoms with E-state index in [0.29, 0.717) is 30.0 Å². The fourth-order valence-electron chi connectivity index (χ4n) is 3.64. The smallest absolute Gasteiger partial charge is 0.416 e. The Morgan fingerprint density at radius 2 is 1.79 bits per heavy atom. The molecule has 0 fully saturated rings. The predicted molar refractivity (Wildman–Crippen MR) is 121 cm³/mol. The van der Waals surface area contributed by atoms with Crippen LogP contribution in [-0.2, 0) is 28.7 Å². The van der Waals surface area contributed by atoms with Crippen molar-refractivity contribution in [2.24, 2.45) is 0 Å². The minimum Gasteiger partial charge on any atom is -0.481 e. The Morgan fingerprint density at radius 1 is 1.12 bits per heavy atom. The van der Waals surface area contributed by atoms with E-state index in [1.807, 2.05) is 45.9 Å². The summed E-state index contributed by atoms with van der Waals surface area (Å²) in [7, 11) is 0. The zero-order valence-electron chi connectivity index (χ0n) is 19.6. The topological polar surface area (TPSA) is 72.6 Å². The molecule has 5 nitrogen and oxygen atoms in total. The number of carbonyl (C=O) groups is 1. The third kappa shape index (κ3) is 6.26. The first-order valence-corrected chi connectivity index (χ1v) is 11.1. The number of carboxylic acids is 1. The van der Waals surface area contributed by atoms with Gasteiger partial charge in [-0.3, -0.25) is 4.79 Å². The van der Waals surface area contributed by atoms with Crippen molar-refractivity contribution in [3.63, 3.8) is 0 Å². The third-order valence-corrected chi connectivity index (χ3v) is 5.57. The minimum absolute atomic E-state index is 0.0313. The number of oxazole rings is 1. The van der Waals surface area contributed by atoms with Crippen molar-refractivity contribution in [3.8, 4) is 11.5 Å². The van der Waals surface area contributed by atoms with Crippen LogP contribution in [0.2, 0.25) is 0 Å². The molecule has 1 heterocycles. The number of hydrogen-bond donors (Lipinski definition) is 1. The Morgan fingerprint density at radius 3 is 2.35 bits per heavy atom. The molecule has 34 heavy (non-hydrogen) atoms. The third-order valence-electron chi connectivity index (χ3n) is 5.57. The number of carboxylic acid groups (broad SMARTS) is 1. The van der Waals surface area contributed by atoms with E-state index in [9.17, 15) is 18.0 Å². The highest BCUT2D eigenvalue weighted by Gasteiger charge is 2.30. The van der Waals surface area contributed by atoms with Crippen molar-refractivity contribution in [2.45, 2.75) is 65.3 Å². The van der Waals surface area contributed by atoms with Crippen LogP contribution in [0, 0.1) is 6.92 Å². The van der Waals surface area contributed by atoms with E-state index < -0.39 is 23.8 Å². The van der Waals surface area contributed by atoms with Gasteiger partial charge in [-0.2, -0.15) is 13.2 Å². The van der Waals surface area contributed by atoms with Gasteiger partial charge in [-0.15, -0.1) is 0 Å². The summed E-state index contributed by atoms with van der Waals surface area (Å²) in [5.74, 6) is -0.00530. The summed E-state index contributed by atoms with van der Waals surface area (Å²) in [4.78, 5) is 15.3. The molecular formula is C26H28F3NO4. The molecular weight excluding hydrogens is 447 g/mol. The fourth-order valence-corrected chi connectivity index (χ4v) is 3.64. The predicted octanol–water partition coefficient (Wildman–Crippen LogP) is 7.09. The highest BCUT2D eigenvalue weighted by molar-refractivity contribution is 5.67. The van der Waals surface area contributed by atoms with Gasteiger partial charge in [0, 0.05) is 12.0 Å². The quantitative estimate of drug-likeness (QED) is 0.358. The monoisotopic (exact) mass is 475 g/mol. The number of halogens is 3. The van der Waals surface area contributed by atoms with E-state index in [1.165, 1.54) is 12.1 Å². The zero-order chi connectivity index (χ0) is 25.0. The van der Waals surface area contributed by atoms with Crippen molar-refractivity contribution in [3.05, 3.63) is 76.2 Å². The van der Waals surface area contributed by atoms with Crippen LogP contribution >= 0.6 is 0 Å². The number of aryl methyl sites for hydroxylation is 2. The van der Waals surface area contributed by atoms with Crippen LogP contribution < -0.4 is 0 Å². The van der Waals surface area contributed by atoms with E-state index in [-0.39, 0.29) is 18.2 Å². The zero-order valence-corrected chi connectivity index (χ0v) is 19.6. The summed E-state index contributed by atoms with van der Waals surface area (Å²) in [5, 5.41) is 8.87. The highest BCUT2D eigenvalue weighted by atomic mass is 19.4. The molecule has 182 valence electrons. The van der Waals surface area contributed by atoms with Gasteiger partial charge in [0.2, 0.25) is 5.89 Å². The Labute approximate surface area is 196 Å². The molecule has 0 saturated carbocycles. The lowest BCUT2D eigenvalue weighted by Crippen LogP contribution is -2.04. The molecule has 0 aliphatic rings. The number of aliphatic carboxylic acids is 1. The van der Waals surface area contributed by atoms with Gasteiger partial charge in [-0.05, 0) is 67.1 Å². The largest absolute Gasteiger partial charge is 0.481 e. The maximum Gasteiger partial charge on any atom is 0.416 e. The molecule has 0 aliphatic carbocycles. The van der Waals surface area contributed by atoms with E-state index >= 15 is 0 Å². The van der Waals surface area contributed by atoms with Crippen LogP contribution in [0.5, 0.6) is 0 Å². The average molecular weight is 476 g/mol. The lowest BCUT2D eigenvalue weighted by molar-refractivity contribution is -0.138. The maximum atomic E-state index is 12.9. The molecule has 3 rings (SSSR count). The molecule has 0 saturated heterocycles. The van der Waals surface area contributed by atoms with Crippen molar-refractivity contribution in [1.82, 2.24) is 4.98 Å². The maximum absolute atomic E-state index is 12.9. The van der Waals surface area contributed by atoms with Crippen LogP contribution in [0.25, 0.3) is 11.5 Å². The van der Waals surface area contributed by atoms with Crippen LogP contribution in [0.15, 0.2) is 46.9 Å². The van der Waals surface area contributed by atoms with Crippen molar-refractivity contribution >= 4 is 5.97 Å². The molecule has 2 aromatic carbocycles. The SMILES string of the molecule is Cc1cc(COC(C)c2oc(-c3ccc(C(F)(F)F)cc3)nc2C(C)C)ccc1CCC(=O)O. The van der Waals surface area contributed by atoms with Gasteiger partial charge in [0.25, 0.3) is 0 Å². The first-order chi connectivity index (χ1) is 16.0. The standard InChI is InChI=1S/C26H28F3NO4/c1-15(2)23-24(34-25(30-23)20-7-10-21(11-8-20)26(27,28)29)17(4)33-14-18-5-6-19(16(3)13-18)9-12-22(31)32/h5-8,10-11,13,15,17H,9,12,14H2,1-4H3,(H,31,32). The normalized spacial score (nSPS) is 12.8. The molecule has 1 aromatic heterocycles. The second-order valence-corrected chi connectivity index (χ2v) is 8.61. The number of ether oxygens (including phenoxy) is 1. The van der Waals surface area contributed by atoms with E-state index in [4.69, 9.17) is 14.3 Å². The van der Waals surface area contributed by atoms with Gasteiger partial charge in [0.15, 0.2) is 5.76 Å². The summed E-state index contributed by atoms with van der Waals surface area (Å²) in [6, 6.07) is 10.5. The minimum atomic E-state index is -4.40. The Balaban J connectivity index is 1.74. The number of alkyl halides is 3. The van der Waals surface area contributed by atoms with Crippen molar-refractivity contribution in [2.75, 3.05) is 0 Å². The first kappa shape index (κ1) is 25.5. The van der Waals surface area contributed by atoms with Crippen molar-refractivity contribution in [1.29, 1.82) is 0 Å². The molecule has 3 aromatic rings. The molecule has 0 amide bonds. The second kappa shape index (κ2) is 10.4. The van der Waals surface area contributed by atoms with Gasteiger partial charge in [-0.25, -0.2) is 4.98 Å². The molecule has 8 heteroatoms. The number of rotatable bonds is 9. The number of hydrogen-bond acceptors (Lipinski definition) is 4. The summed E-state index contributed by atoms with van der Waals surface area (Å²) < 4.78 is 50.6. The molecule has 1 unspecified atom stereocenters. The highest BCUT2D eigenvalue weighted by Crippen LogP contribution is 2.34. The van der Waals surface area contributed by atoms with Crippen LogP contribution in [0.4, 0.5) is 13.2 Å². The van der Waals surface area contributed by atoms with Gasteiger partial charge in [-0.1, -0.05) is 32.0 Å². The molecule has 0 aliphatic heterocycles. The van der Waals surface area contributed by atoms with Crippen molar-refractivity contribution < 1.29 is 32.2 Å². The molecule has 0 radical (unpaired) electrons. The van der Waals surface area contributed by atoms with E-state index in [1.54, 1.807) is 0 Å². The first-order valence-electron chi connectivity index (χ1n) is 11.1. The van der Waals surface area contributed by atoms with Crippen LogP contribution in [0.3, 0.4) is 0 Å². The molecule has 1 N–H and O–H groups in total.